The van der Waals surface area contributed by atoms with Crippen LogP contribution in [-0.4, -0.2) is 11.0 Å². The number of nitrogens with one attached hydrogen (secondary N) is 1. The number of hydrogen-bond donors (Lipinski definition) is 2. The van der Waals surface area contributed by atoms with Gasteiger partial charge in [-0.25, -0.2) is 0 Å². The molecule has 164 valence electrons. The molecule has 0 aliphatic rings. The molecule has 0 unspecified atom stereocenters. The summed E-state index contributed by atoms with van der Waals surface area (Å²) in [6.45, 7) is 2.51. The van der Waals surface area contributed by atoms with E-state index in [1.165, 1.54) is 5.56 Å². The van der Waals surface area contributed by atoms with Crippen molar-refractivity contribution in [3.63, 3.8) is 0 Å². The standard InChI is InChI=1S/C30H27NO2/c1-22-10-12-24(13-11-22)20-30(33)31-21-26-7-3-5-9-29(26)28-8-4-2-6-25(28)17-14-23-15-18-27(32)19-16-23/h2-19,32H,20-21H2,1H3,(H,31,33). The van der Waals surface area contributed by atoms with Gasteiger partial charge in [-0.05, 0) is 52.4 Å². The topological polar surface area (TPSA) is 49.3 Å². The van der Waals surface area contributed by atoms with Crippen LogP contribution >= 0.6 is 0 Å². The lowest BCUT2D eigenvalue weighted by atomic mass is 9.94. The van der Waals surface area contributed by atoms with E-state index in [4.69, 9.17) is 0 Å². The maximum atomic E-state index is 12.5. The van der Waals surface area contributed by atoms with Crippen LogP contribution in [0.2, 0.25) is 0 Å². The minimum Gasteiger partial charge on any atom is -0.508 e. The molecule has 0 aliphatic heterocycles. The van der Waals surface area contributed by atoms with E-state index in [1.54, 1.807) is 12.1 Å². The van der Waals surface area contributed by atoms with Crippen LogP contribution in [-0.2, 0) is 17.8 Å². The van der Waals surface area contributed by atoms with E-state index in [1.807, 2.05) is 73.7 Å². The highest BCUT2D eigenvalue weighted by Crippen LogP contribution is 2.28. The van der Waals surface area contributed by atoms with Crippen molar-refractivity contribution in [1.29, 1.82) is 0 Å². The molecule has 0 heterocycles. The van der Waals surface area contributed by atoms with Crippen molar-refractivity contribution in [2.45, 2.75) is 19.9 Å². The van der Waals surface area contributed by atoms with Crippen LogP contribution in [0.3, 0.4) is 0 Å². The molecule has 0 spiro atoms. The Morgan fingerprint density at radius 1 is 0.788 bits per heavy atom. The molecule has 0 saturated carbocycles. The fourth-order valence-electron chi connectivity index (χ4n) is 3.74. The van der Waals surface area contributed by atoms with Crippen LogP contribution in [0.25, 0.3) is 23.3 Å². The predicted molar refractivity (Wildman–Crippen MR) is 136 cm³/mol. The molecule has 2 N–H and O–H groups in total. The number of benzene rings is 4. The van der Waals surface area contributed by atoms with Crippen LogP contribution in [0.15, 0.2) is 97.1 Å². The van der Waals surface area contributed by atoms with Gasteiger partial charge >= 0.3 is 0 Å². The Labute approximate surface area is 195 Å². The number of rotatable bonds is 7. The van der Waals surface area contributed by atoms with Crippen molar-refractivity contribution in [2.75, 3.05) is 0 Å². The fraction of sp³-hybridized carbons (Fsp3) is 0.100. The maximum Gasteiger partial charge on any atom is 0.224 e. The first-order valence-corrected chi connectivity index (χ1v) is 11.1. The van der Waals surface area contributed by atoms with E-state index in [9.17, 15) is 9.90 Å². The van der Waals surface area contributed by atoms with Gasteiger partial charge in [0.05, 0.1) is 6.42 Å². The monoisotopic (exact) mass is 433 g/mol. The molecule has 33 heavy (non-hydrogen) atoms. The average Bonchev–Trinajstić information content (AvgIpc) is 2.84. The summed E-state index contributed by atoms with van der Waals surface area (Å²) in [5, 5.41) is 12.6. The third kappa shape index (κ3) is 5.98. The summed E-state index contributed by atoms with van der Waals surface area (Å²) in [5.74, 6) is 0.264. The number of hydrogen-bond acceptors (Lipinski definition) is 2. The Morgan fingerprint density at radius 3 is 2.21 bits per heavy atom. The fourth-order valence-corrected chi connectivity index (χ4v) is 3.74. The number of phenols is 1. The Bertz CT molecular complexity index is 1260. The summed E-state index contributed by atoms with van der Waals surface area (Å²) in [7, 11) is 0. The number of phenolic OH excluding ortho intramolecular Hbond substituents is 1. The van der Waals surface area contributed by atoms with Crippen LogP contribution in [0.5, 0.6) is 5.75 Å². The van der Waals surface area contributed by atoms with Gasteiger partial charge in [-0.15, -0.1) is 0 Å². The molecule has 4 rings (SSSR count). The molecule has 0 aliphatic carbocycles. The van der Waals surface area contributed by atoms with Crippen molar-refractivity contribution < 1.29 is 9.90 Å². The maximum absolute atomic E-state index is 12.5. The molecule has 0 saturated heterocycles. The van der Waals surface area contributed by atoms with E-state index >= 15 is 0 Å². The number of aryl methyl sites for hydroxylation is 1. The van der Waals surface area contributed by atoms with Crippen LogP contribution in [0, 0.1) is 6.92 Å². The SMILES string of the molecule is Cc1ccc(CC(=O)NCc2ccccc2-c2ccccc2C=Cc2ccc(O)cc2)cc1. The summed E-state index contributed by atoms with van der Waals surface area (Å²) in [6, 6.07) is 31.6. The first kappa shape index (κ1) is 22.1. The van der Waals surface area contributed by atoms with Crippen LogP contribution in [0.1, 0.15) is 27.8 Å². The molecule has 0 aromatic heterocycles. The highest BCUT2D eigenvalue weighted by Gasteiger charge is 2.10. The van der Waals surface area contributed by atoms with Gasteiger partial charge in [0.15, 0.2) is 0 Å². The molecule has 1 amide bonds. The number of aromatic hydroxyl groups is 1. The molecule has 0 radical (unpaired) electrons. The van der Waals surface area contributed by atoms with Crippen molar-refractivity contribution in [3.05, 3.63) is 125 Å². The van der Waals surface area contributed by atoms with E-state index in [0.717, 1.165) is 33.4 Å². The van der Waals surface area contributed by atoms with Gasteiger partial charge < -0.3 is 10.4 Å². The molecule has 3 nitrogen and oxygen atoms in total. The molecule has 4 aromatic carbocycles. The van der Waals surface area contributed by atoms with Gasteiger partial charge in [0.1, 0.15) is 5.75 Å². The number of carbonyl (C=O) groups excluding carboxylic acids is 1. The second-order valence-corrected chi connectivity index (χ2v) is 8.11. The van der Waals surface area contributed by atoms with Gasteiger partial charge in [-0.2, -0.15) is 0 Å². The zero-order valence-electron chi connectivity index (χ0n) is 18.7. The minimum atomic E-state index is 0.00849. The van der Waals surface area contributed by atoms with E-state index in [-0.39, 0.29) is 11.7 Å². The Balaban J connectivity index is 1.52. The Hall–Kier alpha value is -4.11. The molecular formula is C30H27NO2. The zero-order chi connectivity index (χ0) is 23.0. The molecule has 0 fully saturated rings. The second kappa shape index (κ2) is 10.5. The molecular weight excluding hydrogens is 406 g/mol. The Kier molecular flexibility index (Phi) is 7.01. The third-order valence-corrected chi connectivity index (χ3v) is 5.58. The van der Waals surface area contributed by atoms with Crippen LogP contribution in [0.4, 0.5) is 0 Å². The van der Waals surface area contributed by atoms with Crippen molar-refractivity contribution in [3.8, 4) is 16.9 Å². The average molecular weight is 434 g/mol. The quantitative estimate of drug-likeness (QED) is 0.332. The van der Waals surface area contributed by atoms with Crippen LogP contribution < -0.4 is 5.32 Å². The van der Waals surface area contributed by atoms with Crippen molar-refractivity contribution >= 4 is 18.1 Å². The van der Waals surface area contributed by atoms with Gasteiger partial charge in [0.25, 0.3) is 0 Å². The molecule has 0 atom stereocenters. The Morgan fingerprint density at radius 2 is 1.45 bits per heavy atom. The summed E-state index contributed by atoms with van der Waals surface area (Å²) >= 11 is 0. The van der Waals surface area contributed by atoms with Crippen molar-refractivity contribution in [2.24, 2.45) is 0 Å². The smallest absolute Gasteiger partial charge is 0.224 e. The first-order chi connectivity index (χ1) is 16.1. The van der Waals surface area contributed by atoms with E-state index in [2.05, 4.69) is 35.7 Å². The normalized spacial score (nSPS) is 10.9. The predicted octanol–water partition coefficient (Wildman–Crippen LogP) is 6.40. The summed E-state index contributed by atoms with van der Waals surface area (Å²) in [4.78, 5) is 12.5. The van der Waals surface area contributed by atoms with Crippen molar-refractivity contribution in [1.82, 2.24) is 5.32 Å². The minimum absolute atomic E-state index is 0.00849. The lowest BCUT2D eigenvalue weighted by molar-refractivity contribution is -0.120. The van der Waals surface area contributed by atoms with Gasteiger partial charge in [0.2, 0.25) is 5.91 Å². The number of carbonyl (C=O) groups is 1. The zero-order valence-corrected chi connectivity index (χ0v) is 18.7. The highest BCUT2D eigenvalue weighted by molar-refractivity contribution is 5.83. The first-order valence-electron chi connectivity index (χ1n) is 11.1. The summed E-state index contributed by atoms with van der Waals surface area (Å²) < 4.78 is 0. The highest BCUT2D eigenvalue weighted by atomic mass is 16.3. The second-order valence-electron chi connectivity index (χ2n) is 8.11. The van der Waals surface area contributed by atoms with E-state index in [0.29, 0.717) is 13.0 Å². The van der Waals surface area contributed by atoms with Gasteiger partial charge in [-0.3, -0.25) is 4.79 Å². The molecule has 0 bridgehead atoms. The summed E-state index contributed by atoms with van der Waals surface area (Å²) in [6.07, 6.45) is 4.48. The lowest BCUT2D eigenvalue weighted by Crippen LogP contribution is -2.24. The molecule has 4 aromatic rings. The molecule has 3 heteroatoms. The van der Waals surface area contributed by atoms with E-state index < -0.39 is 0 Å². The largest absolute Gasteiger partial charge is 0.508 e. The number of amides is 1. The van der Waals surface area contributed by atoms with Gasteiger partial charge in [0, 0.05) is 6.54 Å². The summed E-state index contributed by atoms with van der Waals surface area (Å²) in [5.41, 5.74) is 7.57. The third-order valence-electron chi connectivity index (χ3n) is 5.58. The lowest BCUT2D eigenvalue weighted by Gasteiger charge is -2.13. The van der Waals surface area contributed by atoms with Gasteiger partial charge in [-0.1, -0.05) is 103 Å².